The van der Waals surface area contributed by atoms with E-state index in [0.29, 0.717) is 0 Å². The van der Waals surface area contributed by atoms with Crippen LogP contribution >= 0.6 is 0 Å². The molecule has 0 spiro atoms. The fourth-order valence-electron chi connectivity index (χ4n) is 8.98. The van der Waals surface area contributed by atoms with Gasteiger partial charge < -0.3 is 9.13 Å². The van der Waals surface area contributed by atoms with Gasteiger partial charge in [-0.05, 0) is 83.1 Å². The highest BCUT2D eigenvalue weighted by atomic mass is 15.0. The number of hydrogen-bond acceptors (Lipinski definition) is 2. The summed E-state index contributed by atoms with van der Waals surface area (Å²) in [5.41, 5.74) is 16.9. The molecule has 0 radical (unpaired) electrons. The monoisotopic (exact) mass is 702 g/mol. The van der Waals surface area contributed by atoms with Gasteiger partial charge in [-0.3, -0.25) is 9.97 Å². The molecule has 1 aliphatic rings. The molecule has 10 aromatic rings. The molecule has 1 aliphatic carbocycles. The van der Waals surface area contributed by atoms with Crippen molar-refractivity contribution in [3.8, 4) is 56.1 Å². The predicted molar refractivity (Wildman–Crippen MR) is 231 cm³/mol. The average Bonchev–Trinajstić information content (AvgIpc) is 3.87. The molecule has 0 unspecified atom stereocenters. The van der Waals surface area contributed by atoms with Crippen LogP contribution in [-0.2, 0) is 0 Å². The molecule has 0 fully saturated rings. The van der Waals surface area contributed by atoms with Gasteiger partial charge in [0.05, 0.1) is 33.6 Å². The quantitative estimate of drug-likeness (QED) is 0.173. The van der Waals surface area contributed by atoms with Crippen LogP contribution in [-0.4, -0.2) is 19.1 Å². The number of para-hydroxylation sites is 3. The molecule has 4 heteroatoms. The highest BCUT2D eigenvalue weighted by molar-refractivity contribution is 6.21. The Kier molecular flexibility index (Phi) is 6.89. The van der Waals surface area contributed by atoms with E-state index in [1.807, 2.05) is 6.08 Å². The van der Waals surface area contributed by atoms with Gasteiger partial charge in [0.25, 0.3) is 0 Å². The number of rotatable bonds is 6. The van der Waals surface area contributed by atoms with Crippen LogP contribution in [0, 0.1) is 0 Å². The number of benzene rings is 7. The van der Waals surface area contributed by atoms with Crippen molar-refractivity contribution in [2.45, 2.75) is 6.92 Å². The molecular weight excluding hydrogens is 669 g/mol. The zero-order valence-electron chi connectivity index (χ0n) is 30.2. The van der Waals surface area contributed by atoms with Gasteiger partial charge in [0.1, 0.15) is 0 Å². The maximum atomic E-state index is 4.82. The molecule has 4 nitrogen and oxygen atoms in total. The van der Waals surface area contributed by atoms with E-state index >= 15 is 0 Å². The summed E-state index contributed by atoms with van der Waals surface area (Å²) in [6.07, 6.45) is 9.82. The van der Waals surface area contributed by atoms with Crippen LogP contribution in [0.15, 0.2) is 171 Å². The molecule has 258 valence electrons. The summed E-state index contributed by atoms with van der Waals surface area (Å²) in [4.78, 5) is 9.63. The van der Waals surface area contributed by atoms with Crippen molar-refractivity contribution in [1.82, 2.24) is 19.1 Å². The summed E-state index contributed by atoms with van der Waals surface area (Å²) in [6, 6.07) is 52.9. The minimum Gasteiger partial charge on any atom is -0.309 e. The maximum Gasteiger partial charge on any atom is 0.0971 e. The Morgan fingerprint density at radius 3 is 1.42 bits per heavy atom. The van der Waals surface area contributed by atoms with Crippen LogP contribution in [0.4, 0.5) is 0 Å². The lowest BCUT2D eigenvalue weighted by atomic mass is 9.88. The number of allylic oxidation sites excluding steroid dienone is 1. The topological polar surface area (TPSA) is 35.6 Å². The molecular formula is C51H34N4. The molecule has 0 amide bonds. The van der Waals surface area contributed by atoms with Gasteiger partial charge in [0.2, 0.25) is 0 Å². The Balaban J connectivity index is 1.09. The van der Waals surface area contributed by atoms with Gasteiger partial charge in [-0.25, -0.2) is 0 Å². The highest BCUT2D eigenvalue weighted by Gasteiger charge is 2.27. The molecule has 0 saturated carbocycles. The van der Waals surface area contributed by atoms with E-state index in [1.54, 1.807) is 12.4 Å². The Bertz CT molecular complexity index is 3130. The van der Waals surface area contributed by atoms with Crippen molar-refractivity contribution >= 4 is 55.6 Å². The number of hydrogen-bond donors (Lipinski definition) is 0. The largest absolute Gasteiger partial charge is 0.309 e. The first-order valence-corrected chi connectivity index (χ1v) is 18.7. The van der Waals surface area contributed by atoms with Crippen molar-refractivity contribution in [2.24, 2.45) is 0 Å². The molecule has 0 N–H and O–H groups in total. The molecule has 0 atom stereocenters. The normalized spacial score (nSPS) is 12.1. The van der Waals surface area contributed by atoms with Crippen molar-refractivity contribution in [3.05, 3.63) is 182 Å². The summed E-state index contributed by atoms with van der Waals surface area (Å²) in [7, 11) is 0. The molecule has 55 heavy (non-hydrogen) atoms. The smallest absolute Gasteiger partial charge is 0.0971 e. The van der Waals surface area contributed by atoms with Crippen molar-refractivity contribution in [1.29, 1.82) is 0 Å². The molecule has 3 heterocycles. The second-order valence-corrected chi connectivity index (χ2v) is 14.1. The first kappa shape index (κ1) is 31.2. The maximum absolute atomic E-state index is 4.82. The van der Waals surface area contributed by atoms with Gasteiger partial charge in [-0.2, -0.15) is 0 Å². The van der Waals surface area contributed by atoms with Crippen molar-refractivity contribution in [2.75, 3.05) is 0 Å². The number of fused-ring (bicyclic) bond motifs is 7. The van der Waals surface area contributed by atoms with Gasteiger partial charge >= 0.3 is 0 Å². The number of nitrogens with zero attached hydrogens (tertiary/aromatic N) is 4. The first-order chi connectivity index (χ1) is 27.2. The summed E-state index contributed by atoms with van der Waals surface area (Å²) in [5.74, 6) is 0. The van der Waals surface area contributed by atoms with E-state index in [1.165, 1.54) is 49.1 Å². The lowest BCUT2D eigenvalue weighted by molar-refractivity contribution is 1.10. The second-order valence-electron chi connectivity index (χ2n) is 14.1. The van der Waals surface area contributed by atoms with Gasteiger partial charge in [0, 0.05) is 62.0 Å². The fraction of sp³-hybridized carbons (Fsp3) is 0.0196. The zero-order valence-corrected chi connectivity index (χ0v) is 30.2. The van der Waals surface area contributed by atoms with Gasteiger partial charge in [-0.15, -0.1) is 0 Å². The van der Waals surface area contributed by atoms with Crippen molar-refractivity contribution < 1.29 is 0 Å². The van der Waals surface area contributed by atoms with E-state index in [0.717, 1.165) is 61.8 Å². The second kappa shape index (κ2) is 12.1. The van der Waals surface area contributed by atoms with E-state index in [9.17, 15) is 0 Å². The average molecular weight is 703 g/mol. The Labute approximate surface area is 318 Å². The minimum absolute atomic E-state index is 0.942. The molecule has 0 saturated heterocycles. The lowest BCUT2D eigenvalue weighted by Crippen LogP contribution is -1.97. The molecule has 3 aromatic heterocycles. The Hall–Kier alpha value is -7.30. The van der Waals surface area contributed by atoms with E-state index < -0.39 is 0 Å². The van der Waals surface area contributed by atoms with Gasteiger partial charge in [-0.1, -0.05) is 122 Å². The number of aromatic nitrogens is 4. The summed E-state index contributed by atoms with van der Waals surface area (Å²) in [5, 5.41) is 6.13. The van der Waals surface area contributed by atoms with Crippen LogP contribution in [0.5, 0.6) is 0 Å². The van der Waals surface area contributed by atoms with Gasteiger partial charge in [0.15, 0.2) is 0 Å². The third kappa shape index (κ3) is 4.52. The lowest BCUT2D eigenvalue weighted by Gasteiger charge is -2.16. The zero-order chi connectivity index (χ0) is 36.6. The molecule has 11 rings (SSSR count). The highest BCUT2D eigenvalue weighted by Crippen LogP contribution is 2.50. The van der Waals surface area contributed by atoms with Crippen LogP contribution in [0.1, 0.15) is 18.2 Å². The SMILES string of the molecule is C=Cc1c(/C=C\C)n(-c2ccc(-c3ccc4c5c(ccc(-c6ccc(-n7c8ccccc8c8ccccc87)cc6)c35)-c3nccnc3-4)cc2)c2ccccc12. The van der Waals surface area contributed by atoms with Crippen LogP contribution in [0.3, 0.4) is 0 Å². The van der Waals surface area contributed by atoms with Crippen LogP contribution in [0.2, 0.25) is 0 Å². The first-order valence-electron chi connectivity index (χ1n) is 18.7. The van der Waals surface area contributed by atoms with E-state index in [-0.39, 0.29) is 0 Å². The summed E-state index contributed by atoms with van der Waals surface area (Å²) in [6.45, 7) is 6.23. The standard InChI is InChI=1S/C51H34N4/c1-3-11-44-36(4-2)39-12-5-8-15-45(39)54(44)34-22-18-32(19-23-34)37-26-28-42-49-43(51-50(42)52-30-31-53-51)29-27-38(48(37)49)33-20-24-35(25-21-33)55-46-16-9-6-13-40(46)41-14-7-10-17-47(41)55/h3-31H,2H2,1H3/b11-3-. The third-order valence-corrected chi connectivity index (χ3v) is 11.3. The molecule has 0 aliphatic heterocycles. The summed E-state index contributed by atoms with van der Waals surface area (Å²) < 4.78 is 4.71. The Morgan fingerprint density at radius 2 is 0.909 bits per heavy atom. The minimum atomic E-state index is 0.942. The molecule has 0 bridgehead atoms. The summed E-state index contributed by atoms with van der Waals surface area (Å²) >= 11 is 0. The van der Waals surface area contributed by atoms with Crippen LogP contribution < -0.4 is 0 Å². The fourth-order valence-corrected chi connectivity index (χ4v) is 8.98. The Morgan fingerprint density at radius 1 is 0.473 bits per heavy atom. The van der Waals surface area contributed by atoms with Crippen LogP contribution in [0.25, 0.3) is 112 Å². The third-order valence-electron chi connectivity index (χ3n) is 11.3. The predicted octanol–water partition coefficient (Wildman–Crippen LogP) is 13.3. The van der Waals surface area contributed by atoms with Crippen molar-refractivity contribution in [3.63, 3.8) is 0 Å². The van der Waals surface area contributed by atoms with E-state index in [4.69, 9.17) is 9.97 Å². The molecule has 7 aromatic carbocycles. The van der Waals surface area contributed by atoms with E-state index in [2.05, 4.69) is 180 Å².